The SMILES string of the molecule is CC(NC(=O)CNC(=O)c1ccc(C(F)(F)F)cc1)c1ccc(F)c(F)c1. The van der Waals surface area contributed by atoms with Crippen molar-refractivity contribution in [3.63, 3.8) is 0 Å². The predicted molar refractivity (Wildman–Crippen MR) is 86.7 cm³/mol. The zero-order valence-electron chi connectivity index (χ0n) is 14.0. The van der Waals surface area contributed by atoms with Gasteiger partial charge in [0.25, 0.3) is 5.91 Å². The second-order valence-corrected chi connectivity index (χ2v) is 5.72. The lowest BCUT2D eigenvalue weighted by Crippen LogP contribution is -2.38. The summed E-state index contributed by atoms with van der Waals surface area (Å²) in [7, 11) is 0. The Kier molecular flexibility index (Phi) is 6.14. The molecule has 0 aliphatic carbocycles. The molecule has 0 saturated heterocycles. The minimum Gasteiger partial charge on any atom is -0.348 e. The summed E-state index contributed by atoms with van der Waals surface area (Å²) in [6, 6.07) is 6.07. The lowest BCUT2D eigenvalue weighted by atomic mass is 10.1. The van der Waals surface area contributed by atoms with Crippen LogP contribution in [0.25, 0.3) is 0 Å². The van der Waals surface area contributed by atoms with Gasteiger partial charge < -0.3 is 10.6 Å². The van der Waals surface area contributed by atoms with Gasteiger partial charge in [0.1, 0.15) is 0 Å². The second kappa shape index (κ2) is 8.15. The minimum absolute atomic E-state index is 0.0375. The molecule has 0 radical (unpaired) electrons. The van der Waals surface area contributed by atoms with Crippen molar-refractivity contribution in [1.82, 2.24) is 10.6 Å². The van der Waals surface area contributed by atoms with Crippen molar-refractivity contribution in [3.05, 3.63) is 70.8 Å². The van der Waals surface area contributed by atoms with Crippen LogP contribution in [0.2, 0.25) is 0 Å². The Bertz CT molecular complexity index is 835. The molecule has 0 aromatic heterocycles. The van der Waals surface area contributed by atoms with Crippen LogP contribution in [-0.4, -0.2) is 18.4 Å². The Balaban J connectivity index is 1.89. The van der Waals surface area contributed by atoms with Crippen molar-refractivity contribution in [2.45, 2.75) is 19.1 Å². The third kappa shape index (κ3) is 5.50. The average molecular weight is 386 g/mol. The van der Waals surface area contributed by atoms with Crippen LogP contribution in [0.1, 0.15) is 34.5 Å². The molecular formula is C18H15F5N2O2. The van der Waals surface area contributed by atoms with Crippen LogP contribution in [0.5, 0.6) is 0 Å². The van der Waals surface area contributed by atoms with Crippen molar-refractivity contribution < 1.29 is 31.5 Å². The van der Waals surface area contributed by atoms with Gasteiger partial charge in [0.05, 0.1) is 18.2 Å². The van der Waals surface area contributed by atoms with E-state index in [1.165, 1.54) is 6.07 Å². The van der Waals surface area contributed by atoms with Gasteiger partial charge in [0.2, 0.25) is 5.91 Å². The molecule has 9 heteroatoms. The maximum Gasteiger partial charge on any atom is 0.416 e. The van der Waals surface area contributed by atoms with Crippen molar-refractivity contribution in [1.29, 1.82) is 0 Å². The molecule has 0 saturated carbocycles. The zero-order valence-corrected chi connectivity index (χ0v) is 14.0. The first-order valence-electron chi connectivity index (χ1n) is 7.77. The molecule has 0 spiro atoms. The predicted octanol–water partition coefficient (Wildman–Crippen LogP) is 3.59. The first-order chi connectivity index (χ1) is 12.6. The summed E-state index contributed by atoms with van der Waals surface area (Å²) < 4.78 is 63.6. The first kappa shape index (κ1) is 20.3. The van der Waals surface area contributed by atoms with E-state index < -0.39 is 47.8 Å². The van der Waals surface area contributed by atoms with Crippen LogP contribution in [-0.2, 0) is 11.0 Å². The van der Waals surface area contributed by atoms with Gasteiger partial charge in [-0.05, 0) is 48.9 Å². The third-order valence-electron chi connectivity index (χ3n) is 3.71. The molecule has 2 amide bonds. The van der Waals surface area contributed by atoms with Crippen molar-refractivity contribution in [3.8, 4) is 0 Å². The van der Waals surface area contributed by atoms with Gasteiger partial charge >= 0.3 is 6.18 Å². The van der Waals surface area contributed by atoms with E-state index in [1.54, 1.807) is 6.92 Å². The monoisotopic (exact) mass is 386 g/mol. The molecule has 2 rings (SSSR count). The molecular weight excluding hydrogens is 371 g/mol. The molecule has 1 unspecified atom stereocenters. The molecule has 0 fully saturated rings. The Morgan fingerprint density at radius 1 is 1.00 bits per heavy atom. The number of hydrogen-bond donors (Lipinski definition) is 2. The van der Waals surface area contributed by atoms with Crippen LogP contribution < -0.4 is 10.6 Å². The summed E-state index contributed by atoms with van der Waals surface area (Å²) in [6.45, 7) is 1.11. The number of alkyl halides is 3. The molecule has 144 valence electrons. The number of nitrogens with one attached hydrogen (secondary N) is 2. The fourth-order valence-electron chi connectivity index (χ4n) is 2.23. The summed E-state index contributed by atoms with van der Waals surface area (Å²) in [5, 5.41) is 4.76. The molecule has 27 heavy (non-hydrogen) atoms. The highest BCUT2D eigenvalue weighted by Crippen LogP contribution is 2.29. The fourth-order valence-corrected chi connectivity index (χ4v) is 2.23. The van der Waals surface area contributed by atoms with E-state index in [4.69, 9.17) is 0 Å². The number of rotatable bonds is 5. The highest BCUT2D eigenvalue weighted by Gasteiger charge is 2.30. The van der Waals surface area contributed by atoms with Gasteiger partial charge in [-0.25, -0.2) is 8.78 Å². The zero-order chi connectivity index (χ0) is 20.2. The second-order valence-electron chi connectivity index (χ2n) is 5.72. The summed E-state index contributed by atoms with van der Waals surface area (Å²) >= 11 is 0. The van der Waals surface area contributed by atoms with Crippen molar-refractivity contribution >= 4 is 11.8 Å². The standard InChI is InChI=1S/C18H15F5N2O2/c1-10(12-4-7-14(19)15(20)8-12)25-16(26)9-24-17(27)11-2-5-13(6-3-11)18(21,22)23/h2-8,10H,9H2,1H3,(H,24,27)(H,25,26). The normalized spacial score (nSPS) is 12.4. The van der Waals surface area contributed by atoms with Gasteiger partial charge in [-0.3, -0.25) is 9.59 Å². The molecule has 1 atom stereocenters. The Hall–Kier alpha value is -2.97. The van der Waals surface area contributed by atoms with Gasteiger partial charge in [0.15, 0.2) is 11.6 Å². The first-order valence-corrected chi connectivity index (χ1v) is 7.77. The number of halogens is 5. The molecule has 0 aliphatic rings. The largest absolute Gasteiger partial charge is 0.416 e. The molecule has 2 N–H and O–H groups in total. The van der Waals surface area contributed by atoms with Crippen LogP contribution in [0.3, 0.4) is 0 Å². The van der Waals surface area contributed by atoms with E-state index in [0.29, 0.717) is 5.56 Å². The highest BCUT2D eigenvalue weighted by molar-refractivity contribution is 5.96. The number of carbonyl (C=O) groups is 2. The van der Waals surface area contributed by atoms with Crippen molar-refractivity contribution in [2.24, 2.45) is 0 Å². The summed E-state index contributed by atoms with van der Waals surface area (Å²) in [5.74, 6) is -3.39. The lowest BCUT2D eigenvalue weighted by molar-refractivity contribution is -0.137. The van der Waals surface area contributed by atoms with Gasteiger partial charge in [-0.2, -0.15) is 13.2 Å². The summed E-state index contributed by atoms with van der Waals surface area (Å²) in [6.07, 6.45) is -4.51. The van der Waals surface area contributed by atoms with Crippen LogP contribution in [0.15, 0.2) is 42.5 Å². The lowest BCUT2D eigenvalue weighted by Gasteiger charge is -2.15. The molecule has 0 aliphatic heterocycles. The maximum absolute atomic E-state index is 13.2. The van der Waals surface area contributed by atoms with E-state index in [1.807, 2.05) is 0 Å². The van der Waals surface area contributed by atoms with E-state index >= 15 is 0 Å². The topological polar surface area (TPSA) is 58.2 Å². The molecule has 2 aromatic carbocycles. The Morgan fingerprint density at radius 2 is 1.63 bits per heavy atom. The molecule has 2 aromatic rings. The summed E-state index contributed by atoms with van der Waals surface area (Å²) in [4.78, 5) is 23.7. The van der Waals surface area contributed by atoms with Gasteiger partial charge in [-0.1, -0.05) is 6.07 Å². The number of benzene rings is 2. The van der Waals surface area contributed by atoms with E-state index in [0.717, 1.165) is 36.4 Å². The molecule has 4 nitrogen and oxygen atoms in total. The molecule has 0 heterocycles. The van der Waals surface area contributed by atoms with Crippen molar-refractivity contribution in [2.75, 3.05) is 6.54 Å². The minimum atomic E-state index is -4.51. The maximum atomic E-state index is 13.2. The highest BCUT2D eigenvalue weighted by atomic mass is 19.4. The number of amides is 2. The molecule has 0 bridgehead atoms. The van der Waals surface area contributed by atoms with Crippen LogP contribution in [0.4, 0.5) is 22.0 Å². The number of carbonyl (C=O) groups excluding carboxylic acids is 2. The van der Waals surface area contributed by atoms with Gasteiger partial charge in [0, 0.05) is 5.56 Å². The quantitative estimate of drug-likeness (QED) is 0.772. The third-order valence-corrected chi connectivity index (χ3v) is 3.71. The van der Waals surface area contributed by atoms with Crippen LogP contribution in [0, 0.1) is 11.6 Å². The van der Waals surface area contributed by atoms with E-state index in [-0.39, 0.29) is 5.56 Å². The Morgan fingerprint density at radius 3 is 2.19 bits per heavy atom. The Labute approximate surface area is 151 Å². The smallest absolute Gasteiger partial charge is 0.348 e. The van der Waals surface area contributed by atoms with Crippen LogP contribution >= 0.6 is 0 Å². The van der Waals surface area contributed by atoms with Gasteiger partial charge in [-0.15, -0.1) is 0 Å². The summed E-state index contributed by atoms with van der Waals surface area (Å²) in [5.41, 5.74) is -0.599. The fraction of sp³-hybridized carbons (Fsp3) is 0.222. The van der Waals surface area contributed by atoms with E-state index in [2.05, 4.69) is 10.6 Å². The number of hydrogen-bond acceptors (Lipinski definition) is 2. The average Bonchev–Trinajstić information content (AvgIpc) is 2.61. The van der Waals surface area contributed by atoms with E-state index in [9.17, 15) is 31.5 Å².